The number of nitrogens with one attached hydrogen (secondary N) is 2. The molecule has 0 saturated carbocycles. The van der Waals surface area contributed by atoms with Gasteiger partial charge in [-0.2, -0.15) is 0 Å². The van der Waals surface area contributed by atoms with Gasteiger partial charge in [-0.25, -0.2) is 0 Å². The molecule has 2 unspecified atom stereocenters. The van der Waals surface area contributed by atoms with Gasteiger partial charge in [-0.1, -0.05) is 0 Å². The molecule has 0 aromatic heterocycles. The molecule has 0 bridgehead atoms. The molecule has 2 aliphatic carbocycles. The number of fused-ring (bicyclic) bond motifs is 4. The van der Waals surface area contributed by atoms with Gasteiger partial charge in [-0.3, -0.25) is 0 Å². The Morgan fingerprint density at radius 3 is 1.66 bits per heavy atom. The molecule has 3 nitrogen and oxygen atoms in total. The van der Waals surface area contributed by atoms with Crippen molar-refractivity contribution in [3.63, 3.8) is 0 Å². The van der Waals surface area contributed by atoms with E-state index < -0.39 is 29.1 Å². The quantitative estimate of drug-likeness (QED) is 0.617. The number of hydrogen-bond acceptors (Lipinski definition) is 3. The first-order valence-corrected chi connectivity index (χ1v) is 15.9. The molecule has 2 aromatic carbocycles. The molecule has 2 atom stereocenters. The summed E-state index contributed by atoms with van der Waals surface area (Å²) in [6.45, 7) is 0. The molecule has 29 heavy (non-hydrogen) atoms. The van der Waals surface area contributed by atoms with Crippen molar-refractivity contribution in [2.24, 2.45) is 0 Å². The van der Waals surface area contributed by atoms with Crippen LogP contribution in [-0.2, 0) is 2.72 Å². The molecule has 0 radical (unpaired) electrons. The van der Waals surface area contributed by atoms with Crippen LogP contribution in [0.1, 0.15) is 12.8 Å². The van der Waals surface area contributed by atoms with E-state index in [1.807, 2.05) is 0 Å². The van der Waals surface area contributed by atoms with Crippen LogP contribution in [0.3, 0.4) is 0 Å². The molecule has 0 amide bonds. The first-order valence-electron chi connectivity index (χ1n) is 10.00. The van der Waals surface area contributed by atoms with E-state index >= 15 is 0 Å². The maximum absolute atomic E-state index is 7.35. The summed E-state index contributed by atoms with van der Waals surface area (Å²) in [4.78, 5) is 0. The Morgan fingerprint density at radius 2 is 1.14 bits per heavy atom. The number of para-hydroxylation sites is 2. The SMILES string of the molecule is C1=CCC2=[AsH](O[AsH]3=C4CC=CC=C4Nc4ccccc43)c3ccccc3NC2=C1. The molecular formula is C24H22As2N2O. The van der Waals surface area contributed by atoms with Gasteiger partial charge in [0.05, 0.1) is 0 Å². The number of benzene rings is 2. The van der Waals surface area contributed by atoms with Crippen molar-refractivity contribution >= 4 is 57.8 Å². The van der Waals surface area contributed by atoms with Crippen LogP contribution in [0.5, 0.6) is 0 Å². The summed E-state index contributed by atoms with van der Waals surface area (Å²) < 4.78 is 13.2. The van der Waals surface area contributed by atoms with Gasteiger partial charge in [0.2, 0.25) is 0 Å². The topological polar surface area (TPSA) is 33.3 Å². The zero-order chi connectivity index (χ0) is 19.2. The molecule has 0 spiro atoms. The molecule has 6 rings (SSSR count). The van der Waals surface area contributed by atoms with Crippen molar-refractivity contribution in [3.8, 4) is 0 Å². The van der Waals surface area contributed by atoms with Crippen LogP contribution in [-0.4, -0.2) is 37.7 Å². The monoisotopic (exact) mass is 504 g/mol. The molecular weight excluding hydrogens is 482 g/mol. The van der Waals surface area contributed by atoms with E-state index in [-0.39, 0.29) is 0 Å². The average molecular weight is 504 g/mol. The molecule has 4 aliphatic rings. The van der Waals surface area contributed by atoms with E-state index in [1.54, 1.807) is 0 Å². The second-order valence-corrected chi connectivity index (χ2v) is 17.7. The van der Waals surface area contributed by atoms with E-state index in [1.165, 1.54) is 40.1 Å². The van der Waals surface area contributed by atoms with E-state index in [0.717, 1.165) is 12.8 Å². The van der Waals surface area contributed by atoms with Crippen molar-refractivity contribution in [1.29, 1.82) is 0 Å². The van der Waals surface area contributed by atoms with Crippen LogP contribution in [0.25, 0.3) is 0 Å². The Bertz CT molecular complexity index is 1140. The third-order valence-corrected chi connectivity index (χ3v) is 19.2. The molecule has 0 saturated heterocycles. The normalized spacial score (nSPS) is 23.6. The van der Waals surface area contributed by atoms with Gasteiger partial charge in [0.15, 0.2) is 0 Å². The van der Waals surface area contributed by atoms with Crippen LogP contribution >= 0.6 is 0 Å². The van der Waals surface area contributed by atoms with Crippen LogP contribution < -0.4 is 19.3 Å². The van der Waals surface area contributed by atoms with Gasteiger partial charge < -0.3 is 0 Å². The van der Waals surface area contributed by atoms with E-state index in [2.05, 4.69) is 95.6 Å². The third-order valence-electron chi connectivity index (χ3n) is 5.73. The summed E-state index contributed by atoms with van der Waals surface area (Å²) >= 11 is -4.21. The van der Waals surface area contributed by atoms with Crippen LogP contribution in [0.4, 0.5) is 11.4 Å². The van der Waals surface area contributed by atoms with Gasteiger partial charge in [-0.05, 0) is 0 Å². The van der Waals surface area contributed by atoms with Crippen LogP contribution in [0, 0.1) is 0 Å². The Labute approximate surface area is 179 Å². The van der Waals surface area contributed by atoms with Crippen LogP contribution in [0.2, 0.25) is 0 Å². The molecule has 0 fully saturated rings. The Kier molecular flexibility index (Phi) is 4.42. The van der Waals surface area contributed by atoms with Gasteiger partial charge in [-0.15, -0.1) is 0 Å². The number of allylic oxidation sites excluding steroid dienone is 8. The van der Waals surface area contributed by atoms with Gasteiger partial charge >= 0.3 is 180 Å². The van der Waals surface area contributed by atoms with Crippen molar-refractivity contribution in [3.05, 3.63) is 96.4 Å². The van der Waals surface area contributed by atoms with Gasteiger partial charge in [0.25, 0.3) is 0 Å². The second kappa shape index (κ2) is 7.25. The summed E-state index contributed by atoms with van der Waals surface area (Å²) in [5, 5.41) is 7.31. The second-order valence-electron chi connectivity index (χ2n) is 7.48. The minimum atomic E-state index is -2.10. The van der Waals surface area contributed by atoms with Crippen molar-refractivity contribution in [2.75, 3.05) is 10.6 Å². The minimum absolute atomic E-state index is 1.01. The number of rotatable bonds is 2. The molecule has 2 aliphatic heterocycles. The zero-order valence-corrected chi connectivity index (χ0v) is 20.1. The fourth-order valence-corrected chi connectivity index (χ4v) is 20.0. The molecule has 2 heterocycles. The summed E-state index contributed by atoms with van der Waals surface area (Å²) in [5.74, 6) is 0. The molecule has 2 N–H and O–H groups in total. The molecule has 5 heteroatoms. The predicted octanol–water partition coefficient (Wildman–Crippen LogP) is 2.31. The van der Waals surface area contributed by atoms with E-state index in [9.17, 15) is 0 Å². The first kappa shape index (κ1) is 17.7. The average Bonchev–Trinajstić information content (AvgIpc) is 2.78. The third kappa shape index (κ3) is 3.00. The maximum atomic E-state index is 7.35. The van der Waals surface area contributed by atoms with Crippen molar-refractivity contribution in [2.45, 2.75) is 12.8 Å². The fraction of sp³-hybridized carbons (Fsp3) is 0.0833. The number of anilines is 2. The van der Waals surface area contributed by atoms with E-state index in [4.69, 9.17) is 2.72 Å². The van der Waals surface area contributed by atoms with Crippen molar-refractivity contribution in [1.82, 2.24) is 0 Å². The van der Waals surface area contributed by atoms with Crippen molar-refractivity contribution < 1.29 is 2.72 Å². The van der Waals surface area contributed by atoms with Gasteiger partial charge in [0.1, 0.15) is 0 Å². The molecule has 2 aromatic rings. The zero-order valence-electron chi connectivity index (χ0n) is 15.9. The van der Waals surface area contributed by atoms with Gasteiger partial charge in [0, 0.05) is 0 Å². The number of hydrogen-bond donors (Lipinski definition) is 2. The fourth-order valence-electron chi connectivity index (χ4n) is 4.32. The summed E-state index contributed by atoms with van der Waals surface area (Å²) in [6, 6.07) is 17.5. The standard InChI is InChI=1S/C24H22As2N2O/c1-5-13-21-17(9-1)25(18-10-2-6-14-22(18)27-21)29-26-19-11-3-7-15-23(19)28-24-16-8-4-12-20(24)26/h1-9,11,13-16,25-28H,10,12H2. The Hall–Kier alpha value is -2.18. The molecule has 144 valence electrons. The van der Waals surface area contributed by atoms with E-state index in [0.29, 0.717) is 0 Å². The first-order chi connectivity index (χ1) is 14.4. The summed E-state index contributed by atoms with van der Waals surface area (Å²) in [5.41, 5.74) is 5.01. The Morgan fingerprint density at radius 1 is 0.655 bits per heavy atom. The summed E-state index contributed by atoms with van der Waals surface area (Å²) in [6.07, 6.45) is 15.3. The van der Waals surface area contributed by atoms with Crippen LogP contribution in [0.15, 0.2) is 96.4 Å². The summed E-state index contributed by atoms with van der Waals surface area (Å²) in [7, 11) is 0. The predicted molar refractivity (Wildman–Crippen MR) is 128 cm³/mol. The Balaban J connectivity index is 1.55.